The highest BCUT2D eigenvalue weighted by Crippen LogP contribution is 2.21. The molecule has 1 aromatic heterocycles. The Kier molecular flexibility index (Phi) is 12.5. The third kappa shape index (κ3) is 10.3. The molecule has 5 atom stereocenters. The van der Waals surface area contributed by atoms with Crippen LogP contribution >= 0.6 is 0 Å². The minimum Gasteiger partial charge on any atom is -0.370 e. The van der Waals surface area contributed by atoms with Gasteiger partial charge in [-0.25, -0.2) is 9.37 Å². The standard InChI is InChI=1S/C25H40FN9O5/c1-14(2)7-20(34-23(39)21(32-15(3)37)9-17-10-29-13-31-17)22(38)33-19(5-4-6-30-25(27)28)24(40)35-11-16(26)8-18(35)12-36/h10,12-14,16,18-21H,4-9,11H2,1-3H3,(H,29,31)(H,32,37)(H,33,38)(H,34,39)(H4,27,28,30)/t16?,18?,19-,20-,21-/m0/s1. The molecule has 15 heteroatoms. The van der Waals surface area contributed by atoms with Gasteiger partial charge < -0.3 is 42.1 Å². The van der Waals surface area contributed by atoms with Gasteiger partial charge in [0.1, 0.15) is 30.6 Å². The second-order valence-corrected chi connectivity index (χ2v) is 10.3. The lowest BCUT2D eigenvalue weighted by Gasteiger charge is -2.29. The molecule has 1 saturated heterocycles. The predicted octanol–water partition coefficient (Wildman–Crippen LogP) is -1.34. The van der Waals surface area contributed by atoms with Gasteiger partial charge in [0.2, 0.25) is 23.6 Å². The van der Waals surface area contributed by atoms with E-state index in [9.17, 15) is 28.4 Å². The van der Waals surface area contributed by atoms with Gasteiger partial charge in [-0.05, 0) is 25.2 Å². The van der Waals surface area contributed by atoms with Crippen molar-refractivity contribution in [1.29, 1.82) is 0 Å². The Morgan fingerprint density at radius 2 is 1.85 bits per heavy atom. The first-order chi connectivity index (χ1) is 18.9. The summed E-state index contributed by atoms with van der Waals surface area (Å²) in [6.07, 6.45) is 2.77. The molecule has 0 aromatic carbocycles. The number of imidazole rings is 1. The van der Waals surface area contributed by atoms with Crippen molar-refractivity contribution in [3.63, 3.8) is 0 Å². The van der Waals surface area contributed by atoms with Crippen molar-refractivity contribution in [2.75, 3.05) is 13.1 Å². The number of nitrogens with zero attached hydrogens (tertiary/aromatic N) is 3. The number of H-pyrrole nitrogens is 1. The second-order valence-electron chi connectivity index (χ2n) is 10.3. The molecule has 2 heterocycles. The van der Waals surface area contributed by atoms with E-state index in [-0.39, 0.29) is 50.7 Å². The van der Waals surface area contributed by atoms with E-state index < -0.39 is 54.0 Å². The molecule has 0 spiro atoms. The van der Waals surface area contributed by atoms with Crippen molar-refractivity contribution in [3.8, 4) is 0 Å². The Labute approximate surface area is 232 Å². The normalized spacial score (nSPS) is 18.9. The average Bonchev–Trinajstić information content (AvgIpc) is 3.52. The number of halogens is 1. The summed E-state index contributed by atoms with van der Waals surface area (Å²) < 4.78 is 14.0. The first-order valence-electron chi connectivity index (χ1n) is 13.2. The number of likely N-dealkylation sites (tertiary alicyclic amines) is 1. The molecule has 0 radical (unpaired) electrons. The van der Waals surface area contributed by atoms with Crippen LogP contribution in [0.15, 0.2) is 17.5 Å². The summed E-state index contributed by atoms with van der Waals surface area (Å²) in [5.74, 6) is -2.43. The highest BCUT2D eigenvalue weighted by Gasteiger charge is 2.39. The number of nitrogens with one attached hydrogen (secondary N) is 4. The summed E-state index contributed by atoms with van der Waals surface area (Å²) >= 11 is 0. The number of rotatable bonds is 15. The fraction of sp³-hybridized carbons (Fsp3) is 0.640. The third-order valence-corrected chi connectivity index (χ3v) is 6.31. The number of nitrogens with two attached hydrogens (primary N) is 2. The number of carbonyl (C=O) groups is 5. The summed E-state index contributed by atoms with van der Waals surface area (Å²) in [5.41, 5.74) is 11.3. The van der Waals surface area contributed by atoms with E-state index in [1.165, 1.54) is 19.4 Å². The zero-order valence-electron chi connectivity index (χ0n) is 23.1. The summed E-state index contributed by atoms with van der Waals surface area (Å²) in [4.78, 5) is 75.0. The third-order valence-electron chi connectivity index (χ3n) is 6.31. The number of hydrogen-bond acceptors (Lipinski definition) is 7. The quantitative estimate of drug-likeness (QED) is 0.0646. The average molecular weight is 566 g/mol. The molecular weight excluding hydrogens is 525 g/mol. The fourth-order valence-corrected chi connectivity index (χ4v) is 4.47. The molecule has 14 nitrogen and oxygen atoms in total. The Morgan fingerprint density at radius 3 is 2.42 bits per heavy atom. The van der Waals surface area contributed by atoms with Crippen LogP contribution in [-0.2, 0) is 30.4 Å². The maximum atomic E-state index is 14.0. The summed E-state index contributed by atoms with van der Waals surface area (Å²) in [5, 5.41) is 7.95. The van der Waals surface area contributed by atoms with Crippen LogP contribution in [0, 0.1) is 5.92 Å². The van der Waals surface area contributed by atoms with Gasteiger partial charge in [-0.2, -0.15) is 0 Å². The molecule has 2 rings (SSSR count). The van der Waals surface area contributed by atoms with Crippen LogP contribution in [0.3, 0.4) is 0 Å². The number of alkyl halides is 1. The number of carbonyl (C=O) groups excluding carboxylic acids is 5. The van der Waals surface area contributed by atoms with Gasteiger partial charge in [0.25, 0.3) is 0 Å². The van der Waals surface area contributed by atoms with Gasteiger partial charge in [-0.3, -0.25) is 24.2 Å². The van der Waals surface area contributed by atoms with Gasteiger partial charge >= 0.3 is 0 Å². The van der Waals surface area contributed by atoms with Crippen LogP contribution < -0.4 is 27.4 Å². The van der Waals surface area contributed by atoms with Gasteiger partial charge in [0.15, 0.2) is 5.96 Å². The van der Waals surface area contributed by atoms with Crippen LogP contribution in [0.25, 0.3) is 0 Å². The molecule has 4 amide bonds. The summed E-state index contributed by atoms with van der Waals surface area (Å²) in [6, 6.07) is -4.09. The van der Waals surface area contributed by atoms with E-state index in [1.807, 2.05) is 13.8 Å². The van der Waals surface area contributed by atoms with Crippen LogP contribution in [0.4, 0.5) is 4.39 Å². The minimum atomic E-state index is -1.36. The Morgan fingerprint density at radius 1 is 1.18 bits per heavy atom. The molecule has 2 unspecified atom stereocenters. The Hall–Kier alpha value is -4.04. The predicted molar refractivity (Wildman–Crippen MR) is 144 cm³/mol. The van der Waals surface area contributed by atoms with Crippen molar-refractivity contribution in [3.05, 3.63) is 18.2 Å². The molecule has 1 fully saturated rings. The number of aromatic nitrogens is 2. The van der Waals surface area contributed by atoms with Crippen molar-refractivity contribution < 1.29 is 28.4 Å². The van der Waals surface area contributed by atoms with E-state index in [1.54, 1.807) is 0 Å². The topological polar surface area (TPSA) is 218 Å². The van der Waals surface area contributed by atoms with Crippen LogP contribution in [-0.4, -0.2) is 94.2 Å². The molecule has 0 saturated carbocycles. The first kappa shape index (κ1) is 32.2. The van der Waals surface area contributed by atoms with Crippen molar-refractivity contribution in [2.45, 2.75) is 83.2 Å². The second kappa shape index (κ2) is 15.5. The maximum absolute atomic E-state index is 14.0. The van der Waals surface area contributed by atoms with Crippen molar-refractivity contribution >= 4 is 35.9 Å². The van der Waals surface area contributed by atoms with Gasteiger partial charge in [0.05, 0.1) is 18.9 Å². The number of aromatic amines is 1. The van der Waals surface area contributed by atoms with E-state index in [2.05, 4.69) is 30.9 Å². The lowest BCUT2D eigenvalue weighted by molar-refractivity contribution is -0.140. The maximum Gasteiger partial charge on any atom is 0.245 e. The molecule has 0 aliphatic carbocycles. The Balaban J connectivity index is 2.22. The number of aldehydes is 1. The zero-order valence-corrected chi connectivity index (χ0v) is 23.1. The van der Waals surface area contributed by atoms with Crippen LogP contribution in [0.5, 0.6) is 0 Å². The van der Waals surface area contributed by atoms with E-state index >= 15 is 0 Å². The molecule has 40 heavy (non-hydrogen) atoms. The van der Waals surface area contributed by atoms with Gasteiger partial charge in [-0.1, -0.05) is 13.8 Å². The number of amides is 4. The summed E-state index contributed by atoms with van der Waals surface area (Å²) in [6.45, 7) is 4.92. The summed E-state index contributed by atoms with van der Waals surface area (Å²) in [7, 11) is 0. The van der Waals surface area contributed by atoms with E-state index in [0.29, 0.717) is 18.4 Å². The lowest BCUT2D eigenvalue weighted by atomic mass is 10.0. The van der Waals surface area contributed by atoms with E-state index in [4.69, 9.17) is 11.5 Å². The molecule has 0 bridgehead atoms. The largest absolute Gasteiger partial charge is 0.370 e. The fourth-order valence-electron chi connectivity index (χ4n) is 4.47. The number of hydrogen-bond donors (Lipinski definition) is 6. The monoisotopic (exact) mass is 565 g/mol. The van der Waals surface area contributed by atoms with Crippen molar-refractivity contribution in [1.82, 2.24) is 30.8 Å². The SMILES string of the molecule is CC(=O)N[C@@H](Cc1cnc[nH]1)C(=O)N[C@@H](CC(C)C)C(=O)N[C@@H](CCCN=C(N)N)C(=O)N1CC(F)CC1C=O. The number of aliphatic imine (C=N–C) groups is 1. The van der Waals surface area contributed by atoms with E-state index in [0.717, 1.165) is 4.90 Å². The molecule has 8 N–H and O–H groups in total. The molecular formula is C25H40FN9O5. The number of guanidine groups is 1. The smallest absolute Gasteiger partial charge is 0.245 e. The molecule has 1 aliphatic rings. The highest BCUT2D eigenvalue weighted by molar-refractivity contribution is 5.94. The molecule has 1 aliphatic heterocycles. The molecule has 222 valence electrons. The minimum absolute atomic E-state index is 0.0239. The van der Waals surface area contributed by atoms with Gasteiger partial charge in [0, 0.05) is 38.2 Å². The van der Waals surface area contributed by atoms with Crippen LogP contribution in [0.2, 0.25) is 0 Å². The highest BCUT2D eigenvalue weighted by atomic mass is 19.1. The Bertz CT molecular complexity index is 1050. The first-order valence-corrected chi connectivity index (χ1v) is 13.2. The zero-order chi connectivity index (χ0) is 29.8. The van der Waals surface area contributed by atoms with Crippen LogP contribution in [0.1, 0.15) is 52.1 Å². The van der Waals surface area contributed by atoms with Crippen molar-refractivity contribution in [2.24, 2.45) is 22.4 Å². The lowest BCUT2D eigenvalue weighted by Crippen LogP contribution is -2.58. The van der Waals surface area contributed by atoms with Gasteiger partial charge in [-0.15, -0.1) is 0 Å². The molecule has 1 aromatic rings.